The lowest BCUT2D eigenvalue weighted by Crippen LogP contribution is -2.04. The molecule has 1 aromatic rings. The highest BCUT2D eigenvalue weighted by molar-refractivity contribution is 8.00. The SMILES string of the molecule is C=C/C=C\C/C=C\C=C/C(C)Sc1ccc(C2CCCCC2)cc1. The molecule has 0 radical (unpaired) electrons. The van der Waals surface area contributed by atoms with Gasteiger partial charge in [-0.15, -0.1) is 11.8 Å². The van der Waals surface area contributed by atoms with Gasteiger partial charge in [0.25, 0.3) is 0 Å². The predicted molar refractivity (Wildman–Crippen MR) is 110 cm³/mol. The minimum Gasteiger partial charge on any atom is -0.119 e. The number of thioether (sulfide) groups is 1. The van der Waals surface area contributed by atoms with Gasteiger partial charge in [0.05, 0.1) is 0 Å². The van der Waals surface area contributed by atoms with Gasteiger partial charge < -0.3 is 0 Å². The molecule has 1 atom stereocenters. The summed E-state index contributed by atoms with van der Waals surface area (Å²) in [6, 6.07) is 9.30. The molecule has 0 N–H and O–H groups in total. The number of allylic oxidation sites excluding steroid dienone is 6. The summed E-state index contributed by atoms with van der Waals surface area (Å²) in [6.45, 7) is 5.91. The summed E-state index contributed by atoms with van der Waals surface area (Å²) in [7, 11) is 0. The topological polar surface area (TPSA) is 0 Å². The molecule has 0 heterocycles. The number of benzene rings is 1. The third-order valence-electron chi connectivity index (χ3n) is 4.45. The van der Waals surface area contributed by atoms with Gasteiger partial charge in [0.15, 0.2) is 0 Å². The van der Waals surface area contributed by atoms with Gasteiger partial charge in [-0.2, -0.15) is 0 Å². The van der Waals surface area contributed by atoms with Crippen LogP contribution in [-0.2, 0) is 0 Å². The largest absolute Gasteiger partial charge is 0.119 e. The second-order valence-electron chi connectivity index (χ2n) is 6.44. The minimum atomic E-state index is 0.485. The van der Waals surface area contributed by atoms with E-state index in [1.165, 1.54) is 42.6 Å². The van der Waals surface area contributed by atoms with Crippen LogP contribution in [0.2, 0.25) is 0 Å². The summed E-state index contributed by atoms with van der Waals surface area (Å²) in [5.74, 6) is 0.801. The average molecular weight is 339 g/mol. The van der Waals surface area contributed by atoms with E-state index < -0.39 is 0 Å². The molecule has 1 saturated carbocycles. The van der Waals surface area contributed by atoms with Crippen LogP contribution in [0.1, 0.15) is 56.9 Å². The zero-order chi connectivity index (χ0) is 17.0. The lowest BCUT2D eigenvalue weighted by atomic mass is 9.84. The van der Waals surface area contributed by atoms with Crippen LogP contribution in [-0.4, -0.2) is 5.25 Å². The van der Waals surface area contributed by atoms with Gasteiger partial charge in [0, 0.05) is 10.1 Å². The lowest BCUT2D eigenvalue weighted by molar-refractivity contribution is 0.443. The van der Waals surface area contributed by atoms with E-state index in [-0.39, 0.29) is 0 Å². The Labute approximate surface area is 152 Å². The van der Waals surface area contributed by atoms with Crippen LogP contribution in [0.25, 0.3) is 0 Å². The molecule has 0 nitrogen and oxygen atoms in total. The fourth-order valence-corrected chi connectivity index (χ4v) is 4.03. The van der Waals surface area contributed by atoms with Crippen LogP contribution in [0.5, 0.6) is 0 Å². The smallest absolute Gasteiger partial charge is 0.0249 e. The molecule has 0 aliphatic heterocycles. The molecule has 0 amide bonds. The van der Waals surface area contributed by atoms with E-state index in [1.807, 2.05) is 23.9 Å². The molecule has 0 spiro atoms. The monoisotopic (exact) mass is 338 g/mol. The normalized spacial score (nSPS) is 17.9. The third-order valence-corrected chi connectivity index (χ3v) is 5.53. The van der Waals surface area contributed by atoms with E-state index in [9.17, 15) is 0 Å². The fourth-order valence-electron chi connectivity index (χ4n) is 3.14. The van der Waals surface area contributed by atoms with Crippen LogP contribution in [0.4, 0.5) is 0 Å². The van der Waals surface area contributed by atoms with Crippen molar-refractivity contribution in [3.05, 3.63) is 78.9 Å². The van der Waals surface area contributed by atoms with Crippen LogP contribution in [0.3, 0.4) is 0 Å². The van der Waals surface area contributed by atoms with Gasteiger partial charge in [-0.3, -0.25) is 0 Å². The molecular formula is C23H30S. The Hall–Kier alpha value is -1.47. The zero-order valence-electron chi connectivity index (χ0n) is 14.9. The maximum Gasteiger partial charge on any atom is 0.0249 e. The van der Waals surface area contributed by atoms with Crippen LogP contribution in [0.15, 0.2) is 78.3 Å². The number of rotatable bonds is 8. The number of hydrogen-bond donors (Lipinski definition) is 0. The maximum absolute atomic E-state index is 3.66. The first-order valence-corrected chi connectivity index (χ1v) is 10.0. The van der Waals surface area contributed by atoms with Gasteiger partial charge in [0.2, 0.25) is 0 Å². The van der Waals surface area contributed by atoms with Crippen molar-refractivity contribution in [1.29, 1.82) is 0 Å². The molecular weight excluding hydrogens is 308 g/mol. The maximum atomic E-state index is 3.66. The summed E-state index contributed by atoms with van der Waals surface area (Å²) in [6.07, 6.45) is 22.5. The quantitative estimate of drug-likeness (QED) is 0.350. The van der Waals surface area contributed by atoms with Crippen LogP contribution >= 0.6 is 11.8 Å². The highest BCUT2D eigenvalue weighted by atomic mass is 32.2. The van der Waals surface area contributed by atoms with E-state index in [2.05, 4.69) is 68.1 Å². The second kappa shape index (κ2) is 11.1. The van der Waals surface area contributed by atoms with Crippen molar-refractivity contribution in [3.8, 4) is 0 Å². The second-order valence-corrected chi connectivity index (χ2v) is 7.89. The van der Waals surface area contributed by atoms with Crippen LogP contribution < -0.4 is 0 Å². The van der Waals surface area contributed by atoms with E-state index in [0.717, 1.165) is 12.3 Å². The van der Waals surface area contributed by atoms with Crippen LogP contribution in [0, 0.1) is 0 Å². The lowest BCUT2D eigenvalue weighted by Gasteiger charge is -2.22. The minimum absolute atomic E-state index is 0.485. The Morgan fingerprint density at radius 3 is 2.46 bits per heavy atom. The van der Waals surface area contributed by atoms with Crippen molar-refractivity contribution >= 4 is 11.8 Å². The molecule has 1 heteroatoms. The first-order chi connectivity index (χ1) is 11.8. The van der Waals surface area contributed by atoms with Crippen molar-refractivity contribution in [2.24, 2.45) is 0 Å². The zero-order valence-corrected chi connectivity index (χ0v) is 15.7. The Bertz CT molecular complexity index is 556. The fraction of sp³-hybridized carbons (Fsp3) is 0.391. The summed E-state index contributed by atoms with van der Waals surface area (Å²) >= 11 is 1.92. The Kier molecular flexibility index (Phi) is 8.76. The van der Waals surface area contributed by atoms with Gasteiger partial charge in [-0.1, -0.05) is 80.5 Å². The molecule has 2 rings (SSSR count). The molecule has 24 heavy (non-hydrogen) atoms. The van der Waals surface area contributed by atoms with Crippen molar-refractivity contribution in [1.82, 2.24) is 0 Å². The van der Waals surface area contributed by atoms with Gasteiger partial charge >= 0.3 is 0 Å². The number of hydrogen-bond acceptors (Lipinski definition) is 1. The molecule has 0 bridgehead atoms. The first kappa shape index (κ1) is 18.9. The van der Waals surface area contributed by atoms with Gasteiger partial charge in [-0.25, -0.2) is 0 Å². The summed E-state index contributed by atoms with van der Waals surface area (Å²) in [4.78, 5) is 1.37. The molecule has 1 aliphatic carbocycles. The molecule has 1 aliphatic rings. The Balaban J connectivity index is 1.77. The first-order valence-electron chi connectivity index (χ1n) is 9.17. The van der Waals surface area contributed by atoms with Gasteiger partial charge in [0.1, 0.15) is 0 Å². The van der Waals surface area contributed by atoms with Gasteiger partial charge in [-0.05, 0) is 49.8 Å². The van der Waals surface area contributed by atoms with E-state index in [4.69, 9.17) is 0 Å². The van der Waals surface area contributed by atoms with Crippen molar-refractivity contribution in [2.45, 2.75) is 61.5 Å². The van der Waals surface area contributed by atoms with Crippen molar-refractivity contribution in [2.75, 3.05) is 0 Å². The van der Waals surface area contributed by atoms with E-state index in [1.54, 1.807) is 0 Å². The molecule has 1 unspecified atom stereocenters. The molecule has 1 fully saturated rings. The highest BCUT2D eigenvalue weighted by Gasteiger charge is 2.15. The Morgan fingerprint density at radius 1 is 1.04 bits per heavy atom. The summed E-state index contributed by atoms with van der Waals surface area (Å²) in [5.41, 5.74) is 1.54. The highest BCUT2D eigenvalue weighted by Crippen LogP contribution is 2.34. The van der Waals surface area contributed by atoms with E-state index >= 15 is 0 Å². The summed E-state index contributed by atoms with van der Waals surface area (Å²) < 4.78 is 0. The van der Waals surface area contributed by atoms with E-state index in [0.29, 0.717) is 5.25 Å². The Morgan fingerprint density at radius 2 is 1.75 bits per heavy atom. The molecule has 1 aromatic carbocycles. The van der Waals surface area contributed by atoms with Crippen molar-refractivity contribution in [3.63, 3.8) is 0 Å². The average Bonchev–Trinajstić information content (AvgIpc) is 2.62. The molecule has 0 aromatic heterocycles. The molecule has 0 saturated heterocycles. The third kappa shape index (κ3) is 6.97. The standard InChI is InChI=1S/C23H30S/c1-3-4-5-6-7-8-10-13-20(2)24-23-18-16-22(17-19-23)21-14-11-9-12-15-21/h3-5,7-8,10,13,16-21H,1,6,9,11-12,14-15H2,2H3/b5-4-,8-7-,13-10-. The summed E-state index contributed by atoms with van der Waals surface area (Å²) in [5, 5.41) is 0.485. The predicted octanol–water partition coefficient (Wildman–Crippen LogP) is 7.46. The van der Waals surface area contributed by atoms with Crippen molar-refractivity contribution < 1.29 is 0 Å². The molecule has 128 valence electrons.